The lowest BCUT2D eigenvalue weighted by molar-refractivity contribution is -0.151. The molecule has 1 saturated carbocycles. The molecule has 4 nitrogen and oxygen atoms in total. The molecule has 2 unspecified atom stereocenters. The van der Waals surface area contributed by atoms with Gasteiger partial charge in [0.1, 0.15) is 5.82 Å². The summed E-state index contributed by atoms with van der Waals surface area (Å²) in [5.41, 5.74) is 0.646. The third-order valence-electron chi connectivity index (χ3n) is 4.84. The highest BCUT2D eigenvalue weighted by Gasteiger charge is 2.47. The minimum Gasteiger partial charge on any atom is -0.466 e. The highest BCUT2D eigenvalue weighted by molar-refractivity contribution is 5.83. The second-order valence-electron chi connectivity index (χ2n) is 6.32. The number of nitrogens with zero attached hydrogens (tertiary/aromatic N) is 1. The third-order valence-corrected chi connectivity index (χ3v) is 4.84. The number of likely N-dealkylation sites (tertiary alicyclic amines) is 1. The summed E-state index contributed by atoms with van der Waals surface area (Å²) in [4.78, 5) is 26.1. The topological polar surface area (TPSA) is 46.6 Å². The van der Waals surface area contributed by atoms with E-state index in [0.717, 1.165) is 6.42 Å². The van der Waals surface area contributed by atoms with Crippen LogP contribution in [0.5, 0.6) is 0 Å². The minimum absolute atomic E-state index is 0.00600. The van der Waals surface area contributed by atoms with Crippen LogP contribution in [0.4, 0.5) is 4.39 Å². The van der Waals surface area contributed by atoms with Crippen LogP contribution in [-0.4, -0.2) is 36.5 Å². The summed E-state index contributed by atoms with van der Waals surface area (Å²) < 4.78 is 18.8. The highest BCUT2D eigenvalue weighted by atomic mass is 19.1. The van der Waals surface area contributed by atoms with Gasteiger partial charge in [-0.05, 0) is 43.7 Å². The van der Waals surface area contributed by atoms with Gasteiger partial charge in [0.25, 0.3) is 0 Å². The lowest BCUT2D eigenvalue weighted by Crippen LogP contribution is -2.41. The molecule has 2 atom stereocenters. The number of carbonyl (C=O) groups excluding carboxylic acids is 2. The molecule has 0 radical (unpaired) electrons. The molecule has 1 heterocycles. The summed E-state index contributed by atoms with van der Waals surface area (Å²) in [5.74, 6) is -0.484. The molecular weight excluding hydrogens is 297 g/mol. The monoisotopic (exact) mass is 319 g/mol. The van der Waals surface area contributed by atoms with Crippen molar-refractivity contribution in [2.75, 3.05) is 19.7 Å². The van der Waals surface area contributed by atoms with Gasteiger partial charge >= 0.3 is 5.97 Å². The van der Waals surface area contributed by atoms with E-state index in [1.54, 1.807) is 19.1 Å². The lowest BCUT2D eigenvalue weighted by Gasteiger charge is -2.31. The quantitative estimate of drug-likeness (QED) is 0.802. The van der Waals surface area contributed by atoms with E-state index < -0.39 is 0 Å². The van der Waals surface area contributed by atoms with E-state index in [1.807, 2.05) is 11.0 Å². The summed E-state index contributed by atoms with van der Waals surface area (Å²) in [6.07, 6.45) is 2.03. The van der Waals surface area contributed by atoms with Crippen molar-refractivity contribution < 1.29 is 18.7 Å². The smallest absolute Gasteiger partial charge is 0.309 e. The Balaban J connectivity index is 1.53. The molecule has 124 valence electrons. The van der Waals surface area contributed by atoms with Gasteiger partial charge in [0.2, 0.25) is 5.91 Å². The first-order valence-corrected chi connectivity index (χ1v) is 8.31. The Bertz CT molecular complexity index is 596. The van der Waals surface area contributed by atoms with Gasteiger partial charge in [0.15, 0.2) is 0 Å². The molecule has 1 aliphatic carbocycles. The van der Waals surface area contributed by atoms with Crippen molar-refractivity contribution in [1.29, 1.82) is 0 Å². The van der Waals surface area contributed by atoms with Crippen LogP contribution in [-0.2, 0) is 14.3 Å². The number of carbonyl (C=O) groups is 2. The summed E-state index contributed by atoms with van der Waals surface area (Å²) in [7, 11) is 0. The molecule has 0 aromatic heterocycles. The number of hydrogen-bond donors (Lipinski definition) is 0. The van der Waals surface area contributed by atoms with Crippen LogP contribution in [0.15, 0.2) is 24.3 Å². The van der Waals surface area contributed by atoms with Gasteiger partial charge in [-0.25, -0.2) is 4.39 Å². The van der Waals surface area contributed by atoms with Crippen LogP contribution in [0.2, 0.25) is 0 Å². The Morgan fingerprint density at radius 1 is 1.26 bits per heavy atom. The number of hydrogen-bond acceptors (Lipinski definition) is 3. The van der Waals surface area contributed by atoms with Crippen LogP contribution < -0.4 is 0 Å². The molecule has 0 bridgehead atoms. The molecule has 1 aliphatic heterocycles. The standard InChI is InChI=1S/C18H22FNO3/c1-2-23-18(22)12-7-9-20(10-8-12)17(21)15-11-14(15)13-5-3-4-6-16(13)19/h3-6,12,14-15H,2,7-11H2,1H3. The average Bonchev–Trinajstić information content (AvgIpc) is 3.35. The zero-order chi connectivity index (χ0) is 16.4. The van der Waals surface area contributed by atoms with Crippen LogP contribution >= 0.6 is 0 Å². The zero-order valence-electron chi connectivity index (χ0n) is 13.3. The molecule has 1 aromatic carbocycles. The second-order valence-corrected chi connectivity index (χ2v) is 6.32. The number of rotatable bonds is 4. The molecule has 23 heavy (non-hydrogen) atoms. The maximum atomic E-state index is 13.8. The highest BCUT2D eigenvalue weighted by Crippen LogP contribution is 2.49. The molecule has 1 saturated heterocycles. The largest absolute Gasteiger partial charge is 0.466 e. The van der Waals surface area contributed by atoms with E-state index in [2.05, 4.69) is 0 Å². The van der Waals surface area contributed by atoms with E-state index in [9.17, 15) is 14.0 Å². The predicted molar refractivity (Wildman–Crippen MR) is 83.2 cm³/mol. The van der Waals surface area contributed by atoms with Crippen molar-refractivity contribution in [3.8, 4) is 0 Å². The SMILES string of the molecule is CCOC(=O)C1CCN(C(=O)C2CC2c2ccccc2F)CC1. The van der Waals surface area contributed by atoms with Crippen molar-refractivity contribution in [2.45, 2.75) is 32.1 Å². The molecule has 5 heteroatoms. The predicted octanol–water partition coefficient (Wildman–Crippen LogP) is 2.73. The molecule has 2 fully saturated rings. The van der Waals surface area contributed by atoms with E-state index in [4.69, 9.17) is 4.74 Å². The lowest BCUT2D eigenvalue weighted by atomic mass is 9.96. The fourth-order valence-corrected chi connectivity index (χ4v) is 3.42. The molecule has 0 spiro atoms. The van der Waals surface area contributed by atoms with Gasteiger partial charge in [-0.2, -0.15) is 0 Å². The summed E-state index contributed by atoms with van der Waals surface area (Å²) in [6.45, 7) is 3.36. The molecule has 0 N–H and O–H groups in total. The number of benzene rings is 1. The number of amides is 1. The van der Waals surface area contributed by atoms with Crippen LogP contribution in [0.3, 0.4) is 0 Å². The van der Waals surface area contributed by atoms with Crippen molar-refractivity contribution in [3.63, 3.8) is 0 Å². The minimum atomic E-state index is -0.228. The number of piperidine rings is 1. The molecule has 2 aliphatic rings. The Morgan fingerprint density at radius 3 is 2.61 bits per heavy atom. The fourth-order valence-electron chi connectivity index (χ4n) is 3.42. The number of esters is 1. The van der Waals surface area contributed by atoms with Crippen molar-refractivity contribution >= 4 is 11.9 Å². The van der Waals surface area contributed by atoms with Crippen molar-refractivity contribution in [3.05, 3.63) is 35.6 Å². The maximum absolute atomic E-state index is 13.8. The van der Waals surface area contributed by atoms with E-state index in [1.165, 1.54) is 6.07 Å². The van der Waals surface area contributed by atoms with Gasteiger partial charge in [0, 0.05) is 19.0 Å². The summed E-state index contributed by atoms with van der Waals surface area (Å²) in [6, 6.07) is 6.68. The average molecular weight is 319 g/mol. The van der Waals surface area contributed by atoms with Gasteiger partial charge in [0.05, 0.1) is 12.5 Å². The third kappa shape index (κ3) is 3.38. The molecule has 3 rings (SSSR count). The Morgan fingerprint density at radius 2 is 1.96 bits per heavy atom. The van der Waals surface area contributed by atoms with Crippen LogP contribution in [0, 0.1) is 17.7 Å². The van der Waals surface area contributed by atoms with Gasteiger partial charge < -0.3 is 9.64 Å². The first kappa shape index (κ1) is 16.0. The molecule has 1 amide bonds. The first-order valence-electron chi connectivity index (χ1n) is 8.31. The number of halogens is 1. The zero-order valence-corrected chi connectivity index (χ0v) is 13.3. The Labute approximate surface area is 135 Å². The first-order chi connectivity index (χ1) is 11.1. The van der Waals surface area contributed by atoms with Crippen LogP contribution in [0.25, 0.3) is 0 Å². The maximum Gasteiger partial charge on any atom is 0.309 e. The van der Waals surface area contributed by atoms with Crippen LogP contribution in [0.1, 0.15) is 37.7 Å². The van der Waals surface area contributed by atoms with Gasteiger partial charge in [-0.1, -0.05) is 18.2 Å². The summed E-state index contributed by atoms with van der Waals surface area (Å²) in [5, 5.41) is 0. The van der Waals surface area contributed by atoms with E-state index in [0.29, 0.717) is 38.1 Å². The van der Waals surface area contributed by atoms with Gasteiger partial charge in [-0.3, -0.25) is 9.59 Å². The van der Waals surface area contributed by atoms with Crippen molar-refractivity contribution in [2.24, 2.45) is 11.8 Å². The molecular formula is C18H22FNO3. The summed E-state index contributed by atoms with van der Waals surface area (Å²) >= 11 is 0. The number of ether oxygens (including phenoxy) is 1. The molecule has 1 aromatic rings. The fraction of sp³-hybridized carbons (Fsp3) is 0.556. The van der Waals surface area contributed by atoms with E-state index in [-0.39, 0.29) is 35.4 Å². The Hall–Kier alpha value is -1.91. The van der Waals surface area contributed by atoms with Gasteiger partial charge in [-0.15, -0.1) is 0 Å². The van der Waals surface area contributed by atoms with E-state index >= 15 is 0 Å². The second kappa shape index (κ2) is 6.69. The normalized spacial score (nSPS) is 24.3. The van der Waals surface area contributed by atoms with Crippen molar-refractivity contribution in [1.82, 2.24) is 4.90 Å². The Kier molecular flexibility index (Phi) is 4.64.